The van der Waals surface area contributed by atoms with E-state index in [-0.39, 0.29) is 0 Å². The Labute approximate surface area is 125 Å². The third kappa shape index (κ3) is 3.70. The molecular formula is C16H23N3S. The van der Waals surface area contributed by atoms with Crippen molar-refractivity contribution >= 4 is 22.7 Å². The van der Waals surface area contributed by atoms with Gasteiger partial charge < -0.3 is 5.32 Å². The molecule has 0 spiro atoms. The second-order valence-corrected chi connectivity index (χ2v) is 6.35. The maximum Gasteiger partial charge on any atom is 0.117 e. The SMILES string of the molecule is CCCNC(CC)C(C)Sc1ncnc2ccccc12. The molecule has 0 saturated carbocycles. The van der Waals surface area contributed by atoms with Gasteiger partial charge in [-0.05, 0) is 25.5 Å². The van der Waals surface area contributed by atoms with Crippen molar-refractivity contribution in [3.05, 3.63) is 30.6 Å². The van der Waals surface area contributed by atoms with Crippen molar-refractivity contribution in [2.45, 2.75) is 49.9 Å². The molecule has 108 valence electrons. The average molecular weight is 289 g/mol. The smallest absolute Gasteiger partial charge is 0.117 e. The topological polar surface area (TPSA) is 37.8 Å². The second kappa shape index (κ2) is 7.60. The predicted molar refractivity (Wildman–Crippen MR) is 87.2 cm³/mol. The van der Waals surface area contributed by atoms with Crippen LogP contribution in [0.4, 0.5) is 0 Å². The van der Waals surface area contributed by atoms with E-state index in [0.29, 0.717) is 11.3 Å². The van der Waals surface area contributed by atoms with Gasteiger partial charge in [0.25, 0.3) is 0 Å². The van der Waals surface area contributed by atoms with Crippen molar-refractivity contribution in [1.29, 1.82) is 0 Å². The number of nitrogens with one attached hydrogen (secondary N) is 1. The summed E-state index contributed by atoms with van der Waals surface area (Å²) in [5, 5.41) is 6.35. The fourth-order valence-corrected chi connectivity index (χ4v) is 3.52. The molecule has 1 aromatic carbocycles. The summed E-state index contributed by atoms with van der Waals surface area (Å²) >= 11 is 1.84. The van der Waals surface area contributed by atoms with E-state index < -0.39 is 0 Å². The quantitative estimate of drug-likeness (QED) is 0.620. The van der Waals surface area contributed by atoms with Crippen molar-refractivity contribution in [3.8, 4) is 0 Å². The van der Waals surface area contributed by atoms with Crippen LogP contribution >= 0.6 is 11.8 Å². The lowest BCUT2D eigenvalue weighted by Crippen LogP contribution is -2.36. The molecule has 3 nitrogen and oxygen atoms in total. The molecule has 2 unspecified atom stereocenters. The summed E-state index contributed by atoms with van der Waals surface area (Å²) in [6, 6.07) is 8.73. The molecule has 0 bridgehead atoms. The second-order valence-electron chi connectivity index (χ2n) is 4.99. The molecule has 0 saturated heterocycles. The molecule has 0 radical (unpaired) electrons. The van der Waals surface area contributed by atoms with Crippen LogP contribution in [-0.2, 0) is 0 Å². The number of para-hydroxylation sites is 1. The predicted octanol–water partition coefficient (Wildman–Crippen LogP) is 3.89. The van der Waals surface area contributed by atoms with Crippen LogP contribution in [0.25, 0.3) is 10.9 Å². The highest BCUT2D eigenvalue weighted by Crippen LogP contribution is 2.29. The zero-order valence-corrected chi connectivity index (χ0v) is 13.3. The van der Waals surface area contributed by atoms with Crippen molar-refractivity contribution in [2.75, 3.05) is 6.54 Å². The van der Waals surface area contributed by atoms with Crippen molar-refractivity contribution in [3.63, 3.8) is 0 Å². The Morgan fingerprint density at radius 3 is 2.75 bits per heavy atom. The minimum Gasteiger partial charge on any atom is -0.313 e. The summed E-state index contributed by atoms with van der Waals surface area (Å²) in [4.78, 5) is 8.79. The van der Waals surface area contributed by atoms with Gasteiger partial charge in [-0.2, -0.15) is 0 Å². The molecule has 0 aliphatic rings. The number of nitrogens with zero attached hydrogens (tertiary/aromatic N) is 2. The van der Waals surface area contributed by atoms with E-state index in [1.807, 2.05) is 30.0 Å². The summed E-state index contributed by atoms with van der Waals surface area (Å²) in [6.07, 6.45) is 3.97. The van der Waals surface area contributed by atoms with Gasteiger partial charge in [0.1, 0.15) is 11.4 Å². The fraction of sp³-hybridized carbons (Fsp3) is 0.500. The number of hydrogen-bond donors (Lipinski definition) is 1. The zero-order chi connectivity index (χ0) is 14.4. The molecule has 0 aliphatic carbocycles. The van der Waals surface area contributed by atoms with E-state index in [1.165, 1.54) is 6.42 Å². The van der Waals surface area contributed by atoms with E-state index in [4.69, 9.17) is 0 Å². The maximum absolute atomic E-state index is 4.47. The monoisotopic (exact) mass is 289 g/mol. The highest BCUT2D eigenvalue weighted by atomic mass is 32.2. The van der Waals surface area contributed by atoms with Crippen molar-refractivity contribution in [1.82, 2.24) is 15.3 Å². The van der Waals surface area contributed by atoms with Gasteiger partial charge in [0.05, 0.1) is 5.52 Å². The Morgan fingerprint density at radius 1 is 1.20 bits per heavy atom. The molecule has 1 aromatic heterocycles. The van der Waals surface area contributed by atoms with Crippen LogP contribution in [0.3, 0.4) is 0 Å². The molecule has 0 aliphatic heterocycles. The first-order valence-electron chi connectivity index (χ1n) is 7.36. The molecule has 2 aromatic rings. The standard InChI is InChI=1S/C16H23N3S/c1-4-10-17-14(5-2)12(3)20-16-13-8-6-7-9-15(13)18-11-19-16/h6-9,11-12,14,17H,4-5,10H2,1-3H3. The van der Waals surface area contributed by atoms with Gasteiger partial charge in [-0.1, -0.05) is 39.0 Å². The summed E-state index contributed by atoms with van der Waals surface area (Å²) in [5.41, 5.74) is 1.02. The van der Waals surface area contributed by atoms with Gasteiger partial charge in [0.2, 0.25) is 0 Å². The van der Waals surface area contributed by atoms with Gasteiger partial charge in [-0.3, -0.25) is 0 Å². The van der Waals surface area contributed by atoms with Gasteiger partial charge in [0.15, 0.2) is 0 Å². The molecule has 1 N–H and O–H groups in total. The van der Waals surface area contributed by atoms with Crippen LogP contribution in [0.2, 0.25) is 0 Å². The fourth-order valence-electron chi connectivity index (χ4n) is 2.30. The molecule has 1 heterocycles. The van der Waals surface area contributed by atoms with Gasteiger partial charge >= 0.3 is 0 Å². The van der Waals surface area contributed by atoms with Crippen molar-refractivity contribution < 1.29 is 0 Å². The Morgan fingerprint density at radius 2 is 2.00 bits per heavy atom. The summed E-state index contributed by atoms with van der Waals surface area (Å²) in [5.74, 6) is 0. The molecule has 4 heteroatoms. The normalized spacial score (nSPS) is 14.3. The lowest BCUT2D eigenvalue weighted by molar-refractivity contribution is 0.493. The Hall–Kier alpha value is -1.13. The van der Waals surface area contributed by atoms with Crippen LogP contribution in [0.5, 0.6) is 0 Å². The van der Waals surface area contributed by atoms with Gasteiger partial charge in [0, 0.05) is 16.7 Å². The largest absolute Gasteiger partial charge is 0.313 e. The Bertz CT molecular complexity index is 539. The van der Waals surface area contributed by atoms with E-state index >= 15 is 0 Å². The minimum atomic E-state index is 0.491. The number of hydrogen-bond acceptors (Lipinski definition) is 4. The highest BCUT2D eigenvalue weighted by molar-refractivity contribution is 8.00. The number of aromatic nitrogens is 2. The van der Waals surface area contributed by atoms with Gasteiger partial charge in [-0.15, -0.1) is 11.8 Å². The van der Waals surface area contributed by atoms with Crippen LogP contribution < -0.4 is 5.32 Å². The molecule has 2 rings (SSSR count). The molecule has 0 fully saturated rings. The number of benzene rings is 1. The molecule has 20 heavy (non-hydrogen) atoms. The minimum absolute atomic E-state index is 0.491. The van der Waals surface area contributed by atoms with Gasteiger partial charge in [-0.25, -0.2) is 9.97 Å². The first-order chi connectivity index (χ1) is 9.76. The zero-order valence-electron chi connectivity index (χ0n) is 12.5. The van der Waals surface area contributed by atoms with Crippen LogP contribution in [-0.4, -0.2) is 27.8 Å². The number of rotatable bonds is 7. The van der Waals surface area contributed by atoms with Crippen molar-refractivity contribution in [2.24, 2.45) is 0 Å². The molecule has 2 atom stereocenters. The summed E-state index contributed by atoms with van der Waals surface area (Å²) < 4.78 is 0. The number of thioether (sulfide) groups is 1. The first-order valence-corrected chi connectivity index (χ1v) is 8.24. The van der Waals surface area contributed by atoms with Crippen LogP contribution in [0.15, 0.2) is 35.6 Å². The highest BCUT2D eigenvalue weighted by Gasteiger charge is 2.17. The Balaban J connectivity index is 2.14. The average Bonchev–Trinajstić information content (AvgIpc) is 2.48. The number of fused-ring (bicyclic) bond motifs is 1. The van der Waals surface area contributed by atoms with E-state index in [1.54, 1.807) is 6.33 Å². The third-order valence-electron chi connectivity index (χ3n) is 3.47. The lowest BCUT2D eigenvalue weighted by Gasteiger charge is -2.23. The maximum atomic E-state index is 4.47. The molecule has 0 amide bonds. The summed E-state index contributed by atoms with van der Waals surface area (Å²) in [7, 11) is 0. The van der Waals surface area contributed by atoms with Crippen LogP contribution in [0, 0.1) is 0 Å². The summed E-state index contributed by atoms with van der Waals surface area (Å²) in [6.45, 7) is 7.80. The van der Waals surface area contributed by atoms with Crippen LogP contribution in [0.1, 0.15) is 33.6 Å². The lowest BCUT2D eigenvalue weighted by atomic mass is 10.1. The van der Waals surface area contributed by atoms with E-state index in [0.717, 1.165) is 28.9 Å². The van der Waals surface area contributed by atoms with E-state index in [2.05, 4.69) is 42.1 Å². The molecular weight excluding hydrogens is 266 g/mol. The first kappa shape index (κ1) is 15.3. The third-order valence-corrected chi connectivity index (χ3v) is 4.72. The Kier molecular flexibility index (Phi) is 5.80. The van der Waals surface area contributed by atoms with E-state index in [9.17, 15) is 0 Å².